The monoisotopic (exact) mass is 311 g/mol. The van der Waals surface area contributed by atoms with Crippen molar-refractivity contribution < 1.29 is 4.74 Å². The van der Waals surface area contributed by atoms with Crippen molar-refractivity contribution in [3.63, 3.8) is 0 Å². The minimum atomic E-state index is -0.146. The standard InChI is InChI=1S/C15H22BrNO/c1-10-6-7-11(16)12(8-10)17-13-9-14(2,3)18-15(13,4)5/h6-8,13,17H,9H2,1-5H3. The van der Waals surface area contributed by atoms with E-state index in [0.29, 0.717) is 6.04 Å². The van der Waals surface area contributed by atoms with Gasteiger partial charge in [0.2, 0.25) is 0 Å². The van der Waals surface area contributed by atoms with Gasteiger partial charge in [0.15, 0.2) is 0 Å². The van der Waals surface area contributed by atoms with Gasteiger partial charge in [0.1, 0.15) is 0 Å². The number of hydrogen-bond donors (Lipinski definition) is 1. The van der Waals surface area contributed by atoms with Crippen molar-refractivity contribution in [2.24, 2.45) is 0 Å². The maximum absolute atomic E-state index is 6.11. The number of aryl methyl sites for hydroxylation is 1. The third kappa shape index (κ3) is 2.89. The van der Waals surface area contributed by atoms with Crippen LogP contribution in [0.15, 0.2) is 22.7 Å². The van der Waals surface area contributed by atoms with Gasteiger partial charge in [0.25, 0.3) is 0 Å². The zero-order valence-electron chi connectivity index (χ0n) is 11.8. The van der Waals surface area contributed by atoms with Crippen molar-refractivity contribution in [1.29, 1.82) is 0 Å². The van der Waals surface area contributed by atoms with Gasteiger partial charge >= 0.3 is 0 Å². The summed E-state index contributed by atoms with van der Waals surface area (Å²) in [5, 5.41) is 3.62. The third-order valence-electron chi connectivity index (χ3n) is 3.53. The molecule has 1 aliphatic heterocycles. The zero-order valence-corrected chi connectivity index (χ0v) is 13.4. The SMILES string of the molecule is Cc1ccc(Br)c(NC2CC(C)(C)OC2(C)C)c1. The quantitative estimate of drug-likeness (QED) is 0.867. The van der Waals surface area contributed by atoms with Crippen LogP contribution >= 0.6 is 15.9 Å². The molecule has 3 heteroatoms. The molecule has 0 radical (unpaired) electrons. The lowest BCUT2D eigenvalue weighted by Crippen LogP contribution is -2.38. The highest BCUT2D eigenvalue weighted by Gasteiger charge is 2.45. The molecule has 0 bridgehead atoms. The van der Waals surface area contributed by atoms with E-state index >= 15 is 0 Å². The summed E-state index contributed by atoms with van der Waals surface area (Å²) in [7, 11) is 0. The summed E-state index contributed by atoms with van der Waals surface area (Å²) >= 11 is 3.60. The second-order valence-electron chi connectivity index (χ2n) is 6.35. The number of nitrogens with one attached hydrogen (secondary N) is 1. The van der Waals surface area contributed by atoms with Crippen LogP contribution in [0.1, 0.15) is 39.7 Å². The molecular weight excluding hydrogens is 290 g/mol. The number of hydrogen-bond acceptors (Lipinski definition) is 2. The molecule has 1 fully saturated rings. The normalized spacial score (nSPS) is 25.1. The number of anilines is 1. The Kier molecular flexibility index (Phi) is 3.50. The Morgan fingerprint density at radius 2 is 1.94 bits per heavy atom. The molecule has 100 valence electrons. The van der Waals surface area contributed by atoms with Crippen LogP contribution in [0.4, 0.5) is 5.69 Å². The topological polar surface area (TPSA) is 21.3 Å². The Labute approximate surface area is 118 Å². The molecule has 0 spiro atoms. The predicted molar refractivity (Wildman–Crippen MR) is 80.1 cm³/mol. The lowest BCUT2D eigenvalue weighted by Gasteiger charge is -2.28. The van der Waals surface area contributed by atoms with Gasteiger partial charge in [-0.15, -0.1) is 0 Å². The van der Waals surface area contributed by atoms with Crippen LogP contribution in [0.2, 0.25) is 0 Å². The summed E-state index contributed by atoms with van der Waals surface area (Å²) in [5.41, 5.74) is 2.20. The summed E-state index contributed by atoms with van der Waals surface area (Å²) in [4.78, 5) is 0. The maximum Gasteiger partial charge on any atom is 0.0834 e. The third-order valence-corrected chi connectivity index (χ3v) is 4.22. The minimum Gasteiger partial charge on any atom is -0.378 e. The number of rotatable bonds is 2. The molecule has 1 heterocycles. The van der Waals surface area contributed by atoms with Gasteiger partial charge in [-0.05, 0) is 74.7 Å². The van der Waals surface area contributed by atoms with Gasteiger partial charge < -0.3 is 10.1 Å². The van der Waals surface area contributed by atoms with Crippen LogP contribution in [-0.4, -0.2) is 17.2 Å². The fraction of sp³-hybridized carbons (Fsp3) is 0.600. The van der Waals surface area contributed by atoms with E-state index in [9.17, 15) is 0 Å². The van der Waals surface area contributed by atoms with E-state index in [2.05, 4.69) is 74.1 Å². The molecule has 1 unspecified atom stereocenters. The molecule has 1 aliphatic rings. The molecule has 18 heavy (non-hydrogen) atoms. The molecule has 1 saturated heterocycles. The van der Waals surface area contributed by atoms with Gasteiger partial charge in [-0.3, -0.25) is 0 Å². The average Bonchev–Trinajstić information content (AvgIpc) is 2.40. The van der Waals surface area contributed by atoms with E-state index < -0.39 is 0 Å². The lowest BCUT2D eigenvalue weighted by molar-refractivity contribution is -0.0662. The van der Waals surface area contributed by atoms with E-state index in [1.165, 1.54) is 5.56 Å². The van der Waals surface area contributed by atoms with E-state index in [1.54, 1.807) is 0 Å². The van der Waals surface area contributed by atoms with Crippen LogP contribution in [0.5, 0.6) is 0 Å². The lowest BCUT2D eigenvalue weighted by atomic mass is 9.94. The van der Waals surface area contributed by atoms with Crippen molar-refractivity contribution >= 4 is 21.6 Å². The summed E-state index contributed by atoms with van der Waals surface area (Å²) < 4.78 is 7.22. The van der Waals surface area contributed by atoms with Crippen molar-refractivity contribution in [2.75, 3.05) is 5.32 Å². The Morgan fingerprint density at radius 3 is 2.50 bits per heavy atom. The van der Waals surface area contributed by atoms with Crippen LogP contribution in [-0.2, 0) is 4.74 Å². The molecule has 2 rings (SSSR count). The van der Waals surface area contributed by atoms with Gasteiger partial charge in [0, 0.05) is 10.2 Å². The summed E-state index contributed by atoms with van der Waals surface area (Å²) in [6, 6.07) is 6.69. The zero-order chi connectivity index (χ0) is 13.6. The number of ether oxygens (including phenoxy) is 1. The van der Waals surface area contributed by atoms with Crippen LogP contribution < -0.4 is 5.32 Å². The highest BCUT2D eigenvalue weighted by Crippen LogP contribution is 2.39. The second-order valence-corrected chi connectivity index (χ2v) is 7.20. The Morgan fingerprint density at radius 1 is 1.28 bits per heavy atom. The van der Waals surface area contributed by atoms with Crippen molar-refractivity contribution in [3.05, 3.63) is 28.2 Å². The van der Waals surface area contributed by atoms with Gasteiger partial charge in [-0.1, -0.05) is 6.07 Å². The second kappa shape index (κ2) is 4.53. The first-order valence-electron chi connectivity index (χ1n) is 6.42. The maximum atomic E-state index is 6.11. The molecule has 1 N–H and O–H groups in total. The Bertz CT molecular complexity index is 454. The molecule has 0 aromatic heterocycles. The molecule has 1 aromatic carbocycles. The first-order valence-corrected chi connectivity index (χ1v) is 7.22. The fourth-order valence-corrected chi connectivity index (χ4v) is 3.09. The van der Waals surface area contributed by atoms with E-state index in [0.717, 1.165) is 16.6 Å². The predicted octanol–water partition coefficient (Wildman–Crippen LogP) is 4.52. The Hall–Kier alpha value is -0.540. The molecular formula is C15H22BrNO. The Balaban J connectivity index is 2.21. The molecule has 0 aliphatic carbocycles. The van der Waals surface area contributed by atoms with E-state index in [-0.39, 0.29) is 11.2 Å². The van der Waals surface area contributed by atoms with Gasteiger partial charge in [-0.25, -0.2) is 0 Å². The van der Waals surface area contributed by atoms with Gasteiger partial charge in [0.05, 0.1) is 17.2 Å². The van der Waals surface area contributed by atoms with Crippen LogP contribution in [0, 0.1) is 6.92 Å². The molecule has 1 aromatic rings. The first-order chi connectivity index (χ1) is 8.20. The van der Waals surface area contributed by atoms with Crippen molar-refractivity contribution in [2.45, 2.75) is 58.3 Å². The highest BCUT2D eigenvalue weighted by molar-refractivity contribution is 9.10. The van der Waals surface area contributed by atoms with E-state index in [4.69, 9.17) is 4.74 Å². The van der Waals surface area contributed by atoms with Crippen molar-refractivity contribution in [1.82, 2.24) is 0 Å². The van der Waals surface area contributed by atoms with Crippen molar-refractivity contribution in [3.8, 4) is 0 Å². The van der Waals surface area contributed by atoms with Crippen LogP contribution in [0.3, 0.4) is 0 Å². The summed E-state index contributed by atoms with van der Waals surface area (Å²) in [6.45, 7) is 10.7. The minimum absolute atomic E-state index is 0.0581. The van der Waals surface area contributed by atoms with Crippen LogP contribution in [0.25, 0.3) is 0 Å². The van der Waals surface area contributed by atoms with Gasteiger partial charge in [-0.2, -0.15) is 0 Å². The summed E-state index contributed by atoms with van der Waals surface area (Å²) in [6.07, 6.45) is 1.01. The molecule has 1 atom stereocenters. The van der Waals surface area contributed by atoms with E-state index in [1.807, 2.05) is 0 Å². The highest BCUT2D eigenvalue weighted by atomic mass is 79.9. The first kappa shape index (κ1) is 13.9. The largest absolute Gasteiger partial charge is 0.378 e. The fourth-order valence-electron chi connectivity index (χ4n) is 2.72. The number of halogens is 1. The molecule has 0 saturated carbocycles. The summed E-state index contributed by atoms with van der Waals surface area (Å²) in [5.74, 6) is 0. The smallest absolute Gasteiger partial charge is 0.0834 e. The molecule has 0 amide bonds. The average molecular weight is 312 g/mol. The number of benzene rings is 1. The molecule has 2 nitrogen and oxygen atoms in total.